The zero-order valence-electron chi connectivity index (χ0n) is 21.9. The van der Waals surface area contributed by atoms with Crippen LogP contribution in [0.15, 0.2) is 43.0 Å². The minimum absolute atomic E-state index is 0.0602. The summed E-state index contributed by atoms with van der Waals surface area (Å²) in [6.45, 7) is 8.55. The first-order chi connectivity index (χ1) is 17.8. The van der Waals surface area contributed by atoms with Gasteiger partial charge in [-0.3, -0.25) is 4.98 Å². The smallest absolute Gasteiger partial charge is 0.412 e. The van der Waals surface area contributed by atoms with E-state index < -0.39 is 14.2 Å². The summed E-state index contributed by atoms with van der Waals surface area (Å²) in [6, 6.07) is 7.67. The van der Waals surface area contributed by atoms with Crippen molar-refractivity contribution in [2.24, 2.45) is 5.92 Å². The predicted molar refractivity (Wildman–Crippen MR) is 145 cm³/mol. The normalized spacial score (nSPS) is 14.5. The number of benzene rings is 1. The molecule has 2 heterocycles. The third-order valence-electron chi connectivity index (χ3n) is 6.57. The van der Waals surface area contributed by atoms with Crippen molar-refractivity contribution >= 4 is 14.2 Å². The van der Waals surface area contributed by atoms with E-state index >= 15 is 0 Å². The number of carbonyl (C=O) groups excluding carboxylic acids is 1. The van der Waals surface area contributed by atoms with Gasteiger partial charge >= 0.3 is 6.09 Å². The zero-order valence-corrected chi connectivity index (χ0v) is 22.9. The van der Waals surface area contributed by atoms with E-state index in [2.05, 4.69) is 40.0 Å². The predicted octanol–water partition coefficient (Wildman–Crippen LogP) is 5.69. The van der Waals surface area contributed by atoms with Gasteiger partial charge in [0.15, 0.2) is 5.82 Å². The van der Waals surface area contributed by atoms with E-state index in [4.69, 9.17) is 9.47 Å². The first-order valence-electron chi connectivity index (χ1n) is 13.0. The summed E-state index contributed by atoms with van der Waals surface area (Å²) < 4.78 is 13.0. The molecule has 0 radical (unpaired) electrons. The van der Waals surface area contributed by atoms with Gasteiger partial charge in [0, 0.05) is 50.3 Å². The van der Waals surface area contributed by atoms with Crippen LogP contribution in [0.1, 0.15) is 32.1 Å². The second kappa shape index (κ2) is 12.3. The van der Waals surface area contributed by atoms with Crippen LogP contribution < -0.4 is 10.1 Å². The van der Waals surface area contributed by atoms with Crippen molar-refractivity contribution in [1.82, 2.24) is 25.1 Å². The van der Waals surface area contributed by atoms with Crippen molar-refractivity contribution in [2.75, 3.05) is 13.2 Å². The maximum atomic E-state index is 12.4. The van der Waals surface area contributed by atoms with Crippen molar-refractivity contribution in [3.63, 3.8) is 0 Å². The van der Waals surface area contributed by atoms with Gasteiger partial charge in [0.1, 0.15) is 24.6 Å². The lowest BCUT2D eigenvalue weighted by molar-refractivity contribution is 0.0796. The summed E-state index contributed by atoms with van der Waals surface area (Å²) in [6.07, 6.45) is 10.3. The number of hydrogen-bond acceptors (Lipinski definition) is 7. The Labute approximate surface area is 219 Å². The van der Waals surface area contributed by atoms with Gasteiger partial charge in [0.2, 0.25) is 0 Å². The number of amides is 1. The van der Waals surface area contributed by atoms with Gasteiger partial charge in [-0.25, -0.2) is 14.5 Å². The highest BCUT2D eigenvalue weighted by Crippen LogP contribution is 2.34. The van der Waals surface area contributed by atoms with E-state index in [-0.39, 0.29) is 5.75 Å². The highest BCUT2D eigenvalue weighted by Gasteiger charge is 2.17. The minimum Gasteiger partial charge on any atom is -0.507 e. The third kappa shape index (κ3) is 7.87. The van der Waals surface area contributed by atoms with Gasteiger partial charge in [0.05, 0.1) is 0 Å². The zero-order chi connectivity index (χ0) is 26.3. The molecule has 198 valence electrons. The van der Waals surface area contributed by atoms with Crippen LogP contribution in [-0.4, -0.2) is 52.2 Å². The first-order valence-corrected chi connectivity index (χ1v) is 16.7. The molecule has 0 unspecified atom stereocenters. The Hall–Kier alpha value is -3.24. The molecule has 1 amide bonds. The lowest BCUT2D eigenvalue weighted by atomic mass is 9.89. The maximum absolute atomic E-state index is 12.4. The quantitative estimate of drug-likeness (QED) is 0.259. The largest absolute Gasteiger partial charge is 0.507 e. The first kappa shape index (κ1) is 26.8. The molecule has 1 aliphatic rings. The fourth-order valence-corrected chi connectivity index (χ4v) is 5.15. The summed E-state index contributed by atoms with van der Waals surface area (Å²) in [5, 5.41) is 17.7. The van der Waals surface area contributed by atoms with E-state index in [1.807, 2.05) is 6.07 Å². The summed E-state index contributed by atoms with van der Waals surface area (Å²) in [7, 11) is -1.17. The van der Waals surface area contributed by atoms with Crippen LogP contribution in [0.5, 0.6) is 11.5 Å². The van der Waals surface area contributed by atoms with Crippen LogP contribution in [0.2, 0.25) is 25.7 Å². The molecule has 10 heteroatoms. The highest BCUT2D eigenvalue weighted by atomic mass is 28.3. The summed E-state index contributed by atoms with van der Waals surface area (Å²) in [5.41, 5.74) is 1.90. The molecule has 2 aromatic heterocycles. The average molecular weight is 524 g/mol. The number of nitrogens with zero attached hydrogens (tertiary/aromatic N) is 4. The summed E-state index contributed by atoms with van der Waals surface area (Å²) in [4.78, 5) is 21.1. The molecule has 0 aliphatic heterocycles. The van der Waals surface area contributed by atoms with Crippen LogP contribution in [0, 0.1) is 5.92 Å². The topological polar surface area (TPSA) is 111 Å². The molecule has 0 atom stereocenters. The van der Waals surface area contributed by atoms with Crippen molar-refractivity contribution < 1.29 is 19.4 Å². The minimum atomic E-state index is -1.17. The van der Waals surface area contributed by atoms with Crippen LogP contribution in [-0.2, 0) is 11.5 Å². The number of phenols is 1. The lowest BCUT2D eigenvalue weighted by Gasteiger charge is -2.21. The van der Waals surface area contributed by atoms with E-state index in [9.17, 15) is 9.90 Å². The van der Waals surface area contributed by atoms with E-state index in [0.29, 0.717) is 48.5 Å². The Kier molecular flexibility index (Phi) is 8.94. The number of rotatable bonds is 10. The van der Waals surface area contributed by atoms with Crippen molar-refractivity contribution in [1.29, 1.82) is 0 Å². The molecule has 0 saturated heterocycles. The molecular weight excluding hydrogens is 486 g/mol. The maximum Gasteiger partial charge on any atom is 0.412 e. The number of carbonyl (C=O) groups is 1. The van der Waals surface area contributed by atoms with Gasteiger partial charge in [-0.1, -0.05) is 38.9 Å². The molecule has 0 spiro atoms. The second-order valence-electron chi connectivity index (χ2n) is 10.8. The van der Waals surface area contributed by atoms with Crippen molar-refractivity contribution in [3.8, 4) is 34.0 Å². The molecule has 37 heavy (non-hydrogen) atoms. The van der Waals surface area contributed by atoms with Gasteiger partial charge < -0.3 is 19.9 Å². The molecule has 3 aromatic rings. The molecular formula is C27H37N5O4Si. The van der Waals surface area contributed by atoms with Gasteiger partial charge in [-0.05, 0) is 49.1 Å². The Morgan fingerprint density at radius 3 is 2.70 bits per heavy atom. The molecule has 1 aliphatic carbocycles. The Bertz CT molecular complexity index is 1190. The Balaban J connectivity index is 1.43. The molecule has 2 N–H and O–H groups in total. The third-order valence-corrected chi connectivity index (χ3v) is 8.28. The molecule has 0 bridgehead atoms. The van der Waals surface area contributed by atoms with E-state index in [1.54, 1.807) is 29.2 Å². The molecule has 1 fully saturated rings. The second-order valence-corrected chi connectivity index (χ2v) is 16.5. The standard InChI is InChI=1S/C27H37N5O4Si/c1-37(2,3)12-11-35-19-32-26(30-18-31-32)22-13-21(16-28-17-22)24-14-23(9-10-25(24)33)36-27(34)29-15-20-7-5-4-6-8-20/h9-10,13-14,16-18,20,33H,4-8,11-12,15,19H2,1-3H3,(H,29,34). The highest BCUT2D eigenvalue weighted by molar-refractivity contribution is 6.76. The number of nitrogens with one attached hydrogen (secondary N) is 1. The SMILES string of the molecule is C[Si](C)(C)CCOCn1ncnc1-c1cncc(-c2cc(OC(=O)NCC3CCCCC3)ccc2O)c1. The summed E-state index contributed by atoms with van der Waals surface area (Å²) >= 11 is 0. The number of pyridine rings is 1. The number of phenolic OH excluding ortho intramolecular Hbond substituents is 1. The monoisotopic (exact) mass is 523 g/mol. The van der Waals surface area contributed by atoms with Gasteiger partial charge in [-0.2, -0.15) is 5.10 Å². The number of aromatic nitrogens is 4. The van der Waals surface area contributed by atoms with E-state index in [1.165, 1.54) is 31.7 Å². The van der Waals surface area contributed by atoms with Gasteiger partial charge in [-0.15, -0.1) is 0 Å². The van der Waals surface area contributed by atoms with Crippen molar-refractivity contribution in [2.45, 2.75) is 64.5 Å². The van der Waals surface area contributed by atoms with Crippen LogP contribution in [0.3, 0.4) is 0 Å². The van der Waals surface area contributed by atoms with Crippen LogP contribution >= 0.6 is 0 Å². The van der Waals surface area contributed by atoms with Crippen molar-refractivity contribution in [3.05, 3.63) is 43.0 Å². The number of hydrogen-bond donors (Lipinski definition) is 2. The fourth-order valence-electron chi connectivity index (χ4n) is 4.39. The number of ether oxygens (including phenoxy) is 2. The fraction of sp³-hybridized carbons (Fsp3) is 0.481. The van der Waals surface area contributed by atoms with E-state index in [0.717, 1.165) is 24.4 Å². The van der Waals surface area contributed by atoms with Crippen LogP contribution in [0.25, 0.3) is 22.5 Å². The lowest BCUT2D eigenvalue weighted by Crippen LogP contribution is -2.32. The molecule has 4 rings (SSSR count). The number of aromatic hydroxyl groups is 1. The van der Waals surface area contributed by atoms with Crippen LogP contribution in [0.4, 0.5) is 4.79 Å². The molecule has 1 aromatic carbocycles. The van der Waals surface area contributed by atoms with Gasteiger partial charge in [0.25, 0.3) is 0 Å². The molecule has 9 nitrogen and oxygen atoms in total. The average Bonchev–Trinajstić information content (AvgIpc) is 3.35. The summed E-state index contributed by atoms with van der Waals surface area (Å²) in [5.74, 6) is 1.54. The molecule has 1 saturated carbocycles. The Morgan fingerprint density at radius 1 is 1.14 bits per heavy atom. The Morgan fingerprint density at radius 2 is 1.92 bits per heavy atom.